The number of nitrogens with zero attached hydrogens (tertiary/aromatic N) is 3. The summed E-state index contributed by atoms with van der Waals surface area (Å²) in [6.45, 7) is 6.24. The number of ether oxygens (including phenoxy) is 2. The average molecular weight is 469 g/mol. The van der Waals surface area contributed by atoms with E-state index >= 15 is 0 Å². The van der Waals surface area contributed by atoms with Gasteiger partial charge < -0.3 is 19.4 Å². The number of amides is 1. The smallest absolute Gasteiger partial charge is 0.251 e. The van der Waals surface area contributed by atoms with Crippen LogP contribution >= 0.6 is 11.8 Å². The highest BCUT2D eigenvalue weighted by molar-refractivity contribution is 7.98. The molecule has 176 valence electrons. The second-order valence-electron chi connectivity index (χ2n) is 8.11. The molecule has 0 bridgehead atoms. The first-order valence-electron chi connectivity index (χ1n) is 11.1. The molecule has 2 aromatic carbocycles. The van der Waals surface area contributed by atoms with Gasteiger partial charge in [-0.25, -0.2) is 0 Å². The Labute approximate surface area is 199 Å². The van der Waals surface area contributed by atoms with Crippen molar-refractivity contribution in [1.82, 2.24) is 20.1 Å². The number of aryl methyl sites for hydroxylation is 1. The molecule has 33 heavy (non-hydrogen) atoms. The van der Waals surface area contributed by atoms with E-state index in [1.165, 1.54) is 0 Å². The normalized spacial score (nSPS) is 10.9. The van der Waals surface area contributed by atoms with Crippen molar-refractivity contribution in [1.29, 1.82) is 0 Å². The Morgan fingerprint density at radius 2 is 1.91 bits per heavy atom. The summed E-state index contributed by atoms with van der Waals surface area (Å²) in [7, 11) is 1.57. The average Bonchev–Trinajstić information content (AvgIpc) is 3.21. The molecule has 0 aliphatic rings. The van der Waals surface area contributed by atoms with Crippen LogP contribution in [0.25, 0.3) is 0 Å². The summed E-state index contributed by atoms with van der Waals surface area (Å²) >= 11 is 1.60. The molecule has 0 aliphatic carbocycles. The fourth-order valence-corrected chi connectivity index (χ4v) is 3.94. The minimum atomic E-state index is -0.142. The molecule has 0 fully saturated rings. The van der Waals surface area contributed by atoms with Gasteiger partial charge in [-0.1, -0.05) is 55.9 Å². The van der Waals surface area contributed by atoms with Crippen LogP contribution in [0.3, 0.4) is 0 Å². The lowest BCUT2D eigenvalue weighted by Gasteiger charge is -2.13. The summed E-state index contributed by atoms with van der Waals surface area (Å²) in [5.41, 5.74) is 1.60. The maximum absolute atomic E-state index is 12.6. The molecule has 1 aromatic heterocycles. The van der Waals surface area contributed by atoms with Gasteiger partial charge in [0, 0.05) is 25.1 Å². The highest BCUT2D eigenvalue weighted by Crippen LogP contribution is 2.29. The number of nitrogens with one attached hydrogen (secondary N) is 1. The molecule has 0 saturated carbocycles. The van der Waals surface area contributed by atoms with E-state index in [2.05, 4.69) is 33.9 Å². The first-order chi connectivity index (χ1) is 16.0. The van der Waals surface area contributed by atoms with Gasteiger partial charge in [0.05, 0.1) is 7.11 Å². The summed E-state index contributed by atoms with van der Waals surface area (Å²) in [5, 5.41) is 12.5. The maximum Gasteiger partial charge on any atom is 0.251 e. The predicted molar refractivity (Wildman–Crippen MR) is 131 cm³/mol. The minimum absolute atomic E-state index is 0.142. The summed E-state index contributed by atoms with van der Waals surface area (Å²) in [5.74, 6) is 2.47. The van der Waals surface area contributed by atoms with Crippen molar-refractivity contribution in [2.45, 2.75) is 45.0 Å². The number of thioether (sulfide) groups is 1. The third kappa shape index (κ3) is 6.99. The van der Waals surface area contributed by atoms with Crippen LogP contribution in [0.5, 0.6) is 11.5 Å². The maximum atomic E-state index is 12.6. The Balaban J connectivity index is 1.53. The molecule has 3 aromatic rings. The fraction of sp³-hybridized carbons (Fsp3) is 0.400. The van der Waals surface area contributed by atoms with Gasteiger partial charge in [0.1, 0.15) is 12.4 Å². The number of carbonyl (C=O) groups is 1. The molecular weight excluding hydrogens is 436 g/mol. The largest absolute Gasteiger partial charge is 0.493 e. The van der Waals surface area contributed by atoms with E-state index in [1.54, 1.807) is 37.1 Å². The minimum Gasteiger partial charge on any atom is -0.493 e. The van der Waals surface area contributed by atoms with E-state index in [4.69, 9.17) is 9.47 Å². The van der Waals surface area contributed by atoms with E-state index in [-0.39, 0.29) is 5.91 Å². The predicted octanol–water partition coefficient (Wildman–Crippen LogP) is 4.61. The third-order valence-corrected chi connectivity index (χ3v) is 5.72. The Hall–Kier alpha value is -3.00. The van der Waals surface area contributed by atoms with Gasteiger partial charge >= 0.3 is 0 Å². The number of aromatic nitrogens is 3. The fourth-order valence-electron chi connectivity index (χ4n) is 3.42. The van der Waals surface area contributed by atoms with E-state index in [1.807, 2.05) is 36.6 Å². The van der Waals surface area contributed by atoms with Crippen molar-refractivity contribution in [2.24, 2.45) is 5.92 Å². The van der Waals surface area contributed by atoms with Crippen molar-refractivity contribution >= 4 is 17.7 Å². The molecule has 7 nitrogen and oxygen atoms in total. The number of hydrogen-bond donors (Lipinski definition) is 1. The Morgan fingerprint density at radius 1 is 1.12 bits per heavy atom. The second-order valence-corrected chi connectivity index (χ2v) is 8.88. The molecule has 1 heterocycles. The Bertz CT molecular complexity index is 1040. The number of rotatable bonds is 12. The molecule has 0 spiro atoms. The van der Waals surface area contributed by atoms with Gasteiger partial charge in [0.15, 0.2) is 16.7 Å². The van der Waals surface area contributed by atoms with E-state index < -0.39 is 0 Å². The summed E-state index contributed by atoms with van der Waals surface area (Å²) in [4.78, 5) is 12.6. The summed E-state index contributed by atoms with van der Waals surface area (Å²) in [6.07, 6.45) is 3.55. The van der Waals surface area contributed by atoms with Crippen LogP contribution in [0.2, 0.25) is 0 Å². The van der Waals surface area contributed by atoms with E-state index in [0.717, 1.165) is 35.9 Å². The second kappa shape index (κ2) is 12.3. The zero-order valence-corrected chi connectivity index (χ0v) is 20.5. The van der Waals surface area contributed by atoms with Crippen LogP contribution in [0.1, 0.15) is 42.0 Å². The molecule has 0 radical (unpaired) electrons. The van der Waals surface area contributed by atoms with Gasteiger partial charge in [-0.15, -0.1) is 10.2 Å². The van der Waals surface area contributed by atoms with Crippen LogP contribution < -0.4 is 14.8 Å². The van der Waals surface area contributed by atoms with Gasteiger partial charge in [-0.2, -0.15) is 0 Å². The van der Waals surface area contributed by atoms with E-state index in [9.17, 15) is 4.79 Å². The van der Waals surface area contributed by atoms with Gasteiger partial charge in [0.25, 0.3) is 5.91 Å². The monoisotopic (exact) mass is 468 g/mol. The molecule has 0 atom stereocenters. The Kier molecular flexibility index (Phi) is 9.18. The lowest BCUT2D eigenvalue weighted by atomic mass is 10.1. The standard InChI is InChI=1S/C25H32N4O3S/c1-18(2)16-29-23(27-28-25(29)33-4)11-8-14-26-24(30)20-12-13-21(22(15-20)31-3)32-17-19-9-6-5-7-10-19/h5-7,9-10,12-13,15,18H,8,11,14,16-17H2,1-4H3,(H,26,30). The SMILES string of the molecule is COc1cc(C(=O)NCCCc2nnc(SC)n2CC(C)C)ccc1OCc1ccccc1. The number of hydrogen-bond acceptors (Lipinski definition) is 6. The molecule has 3 rings (SSSR count). The summed E-state index contributed by atoms with van der Waals surface area (Å²) in [6, 6.07) is 15.1. The summed E-state index contributed by atoms with van der Waals surface area (Å²) < 4.78 is 13.5. The van der Waals surface area contributed by atoms with Crippen molar-refractivity contribution in [2.75, 3.05) is 19.9 Å². The van der Waals surface area contributed by atoms with Gasteiger partial charge in [-0.05, 0) is 42.4 Å². The zero-order valence-electron chi connectivity index (χ0n) is 19.7. The topological polar surface area (TPSA) is 78.3 Å². The van der Waals surface area contributed by atoms with Crippen LogP contribution in [-0.2, 0) is 19.6 Å². The quantitative estimate of drug-likeness (QED) is 0.309. The van der Waals surface area contributed by atoms with E-state index in [0.29, 0.717) is 36.1 Å². The van der Waals surface area contributed by atoms with Gasteiger partial charge in [0.2, 0.25) is 0 Å². The van der Waals surface area contributed by atoms with Crippen molar-refractivity contribution in [3.63, 3.8) is 0 Å². The van der Waals surface area contributed by atoms with Crippen LogP contribution in [0.15, 0.2) is 53.7 Å². The highest BCUT2D eigenvalue weighted by Gasteiger charge is 2.14. The van der Waals surface area contributed by atoms with Crippen LogP contribution in [-0.4, -0.2) is 40.6 Å². The molecular formula is C25H32N4O3S. The van der Waals surface area contributed by atoms with Crippen LogP contribution in [0.4, 0.5) is 0 Å². The Morgan fingerprint density at radius 3 is 2.61 bits per heavy atom. The van der Waals surface area contributed by atoms with Crippen LogP contribution in [0, 0.1) is 5.92 Å². The van der Waals surface area contributed by atoms with Crippen molar-refractivity contribution in [3.8, 4) is 11.5 Å². The third-order valence-electron chi connectivity index (χ3n) is 5.05. The molecule has 8 heteroatoms. The zero-order chi connectivity index (χ0) is 23.6. The van der Waals surface area contributed by atoms with Crippen molar-refractivity contribution in [3.05, 3.63) is 65.5 Å². The molecule has 1 amide bonds. The lowest BCUT2D eigenvalue weighted by molar-refractivity contribution is 0.0952. The highest BCUT2D eigenvalue weighted by atomic mass is 32.2. The van der Waals surface area contributed by atoms with Gasteiger partial charge in [-0.3, -0.25) is 4.79 Å². The molecule has 0 unspecified atom stereocenters. The first kappa shape index (κ1) is 24.6. The lowest BCUT2D eigenvalue weighted by Crippen LogP contribution is -2.25. The van der Waals surface area contributed by atoms with Crippen molar-refractivity contribution < 1.29 is 14.3 Å². The molecule has 0 aliphatic heterocycles. The molecule has 0 saturated heterocycles. The number of benzene rings is 2. The molecule has 1 N–H and O–H groups in total. The number of carbonyl (C=O) groups excluding carboxylic acids is 1. The number of methoxy groups -OCH3 is 1. The first-order valence-corrected chi connectivity index (χ1v) is 12.3.